The van der Waals surface area contributed by atoms with Crippen LogP contribution in [-0.2, 0) is 0 Å². The zero-order valence-corrected chi connectivity index (χ0v) is 11.1. The van der Waals surface area contributed by atoms with Crippen molar-refractivity contribution in [3.05, 3.63) is 64.7 Å². The Morgan fingerprint density at radius 2 is 1.76 bits per heavy atom. The first-order chi connectivity index (χ1) is 8.20. The third-order valence-corrected chi connectivity index (χ3v) is 3.66. The molecule has 2 rings (SSSR count). The quantitative estimate of drug-likeness (QED) is 0.844. The molecule has 0 spiro atoms. The van der Waals surface area contributed by atoms with Crippen molar-refractivity contribution in [1.82, 2.24) is 0 Å². The van der Waals surface area contributed by atoms with Gasteiger partial charge in [0.05, 0.1) is 6.04 Å². The molecule has 1 unspecified atom stereocenters. The molecule has 0 heterocycles. The molecule has 0 radical (unpaired) electrons. The van der Waals surface area contributed by atoms with E-state index in [0.717, 1.165) is 16.1 Å². The smallest absolute Gasteiger partial charge is 0.0552 e. The van der Waals surface area contributed by atoms with Gasteiger partial charge in [-0.25, -0.2) is 0 Å². The van der Waals surface area contributed by atoms with Gasteiger partial charge in [0.1, 0.15) is 0 Å². The van der Waals surface area contributed by atoms with Crippen LogP contribution in [0.4, 0.5) is 0 Å². The van der Waals surface area contributed by atoms with E-state index < -0.39 is 0 Å². The highest BCUT2D eigenvalue weighted by Crippen LogP contribution is 2.24. The summed E-state index contributed by atoms with van der Waals surface area (Å²) in [5.74, 6) is 0. The first-order valence-corrected chi connectivity index (χ1v) is 6.96. The zero-order valence-electron chi connectivity index (χ0n) is 9.56. The maximum Gasteiger partial charge on any atom is 0.0552 e. The van der Waals surface area contributed by atoms with Crippen LogP contribution in [0.25, 0.3) is 0 Å². The Hall–Kier alpha value is -0.960. The normalized spacial score (nSPS) is 12.4. The molecular weight excluding hydrogens is 250 g/mol. The highest BCUT2D eigenvalue weighted by Gasteiger charge is 2.08. The Labute approximate surface area is 111 Å². The molecule has 0 aliphatic heterocycles. The van der Waals surface area contributed by atoms with Gasteiger partial charge in [-0.2, -0.15) is 0 Å². The van der Waals surface area contributed by atoms with Crippen molar-refractivity contribution in [2.24, 2.45) is 5.73 Å². The Morgan fingerprint density at radius 3 is 2.35 bits per heavy atom. The second-order valence-corrected chi connectivity index (χ2v) is 5.12. The lowest BCUT2D eigenvalue weighted by Gasteiger charge is -2.13. The fraction of sp³-hybridized carbons (Fsp3) is 0.143. The van der Waals surface area contributed by atoms with E-state index in [0.29, 0.717) is 0 Å². The van der Waals surface area contributed by atoms with Crippen molar-refractivity contribution in [3.8, 4) is 0 Å². The van der Waals surface area contributed by atoms with E-state index in [1.807, 2.05) is 24.3 Å². The van der Waals surface area contributed by atoms with Crippen molar-refractivity contribution in [2.75, 3.05) is 6.26 Å². The number of rotatable bonds is 3. The van der Waals surface area contributed by atoms with Gasteiger partial charge in [0.2, 0.25) is 0 Å². The number of benzene rings is 2. The lowest BCUT2D eigenvalue weighted by atomic mass is 10.00. The summed E-state index contributed by atoms with van der Waals surface area (Å²) in [6, 6.07) is 15.9. The molecule has 3 heteroatoms. The third kappa shape index (κ3) is 3.03. The molecule has 2 N–H and O–H groups in total. The molecule has 2 aromatic rings. The van der Waals surface area contributed by atoms with Crippen LogP contribution in [0, 0.1) is 0 Å². The van der Waals surface area contributed by atoms with E-state index in [9.17, 15) is 0 Å². The summed E-state index contributed by atoms with van der Waals surface area (Å²) in [6.07, 6.45) is 2.06. The highest BCUT2D eigenvalue weighted by molar-refractivity contribution is 7.98. The predicted molar refractivity (Wildman–Crippen MR) is 75.7 cm³/mol. The van der Waals surface area contributed by atoms with Crippen LogP contribution in [-0.4, -0.2) is 6.26 Å². The molecule has 0 fully saturated rings. The number of hydrogen-bond acceptors (Lipinski definition) is 2. The first-order valence-electron chi connectivity index (χ1n) is 5.35. The summed E-state index contributed by atoms with van der Waals surface area (Å²) in [4.78, 5) is 1.24. The van der Waals surface area contributed by atoms with Gasteiger partial charge in [0.15, 0.2) is 0 Å². The standard InChI is InChI=1S/C14H14ClNS/c1-17-13-7-5-10(6-8-13)14(16)11-3-2-4-12(15)9-11/h2-9,14H,16H2,1H3. The molecule has 2 aromatic carbocycles. The fourth-order valence-electron chi connectivity index (χ4n) is 1.70. The molecule has 0 aliphatic rings. The van der Waals surface area contributed by atoms with Crippen LogP contribution >= 0.6 is 23.4 Å². The largest absolute Gasteiger partial charge is 0.320 e. The van der Waals surface area contributed by atoms with Crippen molar-refractivity contribution < 1.29 is 0 Å². The number of hydrogen-bond donors (Lipinski definition) is 1. The number of halogens is 1. The Morgan fingerprint density at radius 1 is 1.06 bits per heavy atom. The monoisotopic (exact) mass is 263 g/mol. The lowest BCUT2D eigenvalue weighted by molar-refractivity contribution is 0.870. The van der Waals surface area contributed by atoms with Crippen LogP contribution in [0.1, 0.15) is 17.2 Å². The first kappa shape index (κ1) is 12.5. The van der Waals surface area contributed by atoms with Gasteiger partial charge in [-0.05, 0) is 41.6 Å². The van der Waals surface area contributed by atoms with Gasteiger partial charge < -0.3 is 5.73 Å². The molecule has 0 saturated heterocycles. The van der Waals surface area contributed by atoms with E-state index in [-0.39, 0.29) is 6.04 Å². The third-order valence-electron chi connectivity index (χ3n) is 2.68. The molecular formula is C14H14ClNS. The van der Waals surface area contributed by atoms with Gasteiger partial charge >= 0.3 is 0 Å². The molecule has 0 aliphatic carbocycles. The van der Waals surface area contributed by atoms with E-state index in [1.54, 1.807) is 11.8 Å². The van der Waals surface area contributed by atoms with Crippen molar-refractivity contribution in [1.29, 1.82) is 0 Å². The van der Waals surface area contributed by atoms with E-state index in [2.05, 4.69) is 30.5 Å². The van der Waals surface area contributed by atoms with Gasteiger partial charge in [-0.1, -0.05) is 35.9 Å². The number of thioether (sulfide) groups is 1. The van der Waals surface area contributed by atoms with Crippen LogP contribution < -0.4 is 5.73 Å². The summed E-state index contributed by atoms with van der Waals surface area (Å²) >= 11 is 7.69. The van der Waals surface area contributed by atoms with E-state index >= 15 is 0 Å². The second-order valence-electron chi connectivity index (χ2n) is 3.81. The molecule has 1 nitrogen and oxygen atoms in total. The minimum atomic E-state index is -0.121. The summed E-state index contributed by atoms with van der Waals surface area (Å²) < 4.78 is 0. The molecule has 1 atom stereocenters. The molecule has 0 bridgehead atoms. The van der Waals surface area contributed by atoms with E-state index in [1.165, 1.54) is 4.90 Å². The second kappa shape index (κ2) is 5.58. The summed E-state index contributed by atoms with van der Waals surface area (Å²) in [5.41, 5.74) is 8.35. The minimum Gasteiger partial charge on any atom is -0.320 e. The fourth-order valence-corrected chi connectivity index (χ4v) is 2.31. The van der Waals surface area contributed by atoms with Crippen LogP contribution in [0.5, 0.6) is 0 Å². The Bertz CT molecular complexity index is 496. The minimum absolute atomic E-state index is 0.121. The van der Waals surface area contributed by atoms with Gasteiger partial charge in [0, 0.05) is 9.92 Å². The lowest BCUT2D eigenvalue weighted by Crippen LogP contribution is -2.11. The molecule has 0 saturated carbocycles. The average Bonchev–Trinajstić information content (AvgIpc) is 2.38. The van der Waals surface area contributed by atoms with E-state index in [4.69, 9.17) is 17.3 Å². The van der Waals surface area contributed by atoms with Crippen LogP contribution in [0.2, 0.25) is 5.02 Å². The van der Waals surface area contributed by atoms with Gasteiger partial charge in [-0.3, -0.25) is 0 Å². The maximum atomic E-state index is 6.21. The molecule has 88 valence electrons. The molecule has 17 heavy (non-hydrogen) atoms. The Balaban J connectivity index is 2.27. The Kier molecular flexibility index (Phi) is 4.11. The zero-order chi connectivity index (χ0) is 12.3. The van der Waals surface area contributed by atoms with Crippen molar-refractivity contribution in [2.45, 2.75) is 10.9 Å². The van der Waals surface area contributed by atoms with Gasteiger partial charge in [0.25, 0.3) is 0 Å². The molecule has 0 amide bonds. The topological polar surface area (TPSA) is 26.0 Å². The summed E-state index contributed by atoms with van der Waals surface area (Å²) in [5, 5.41) is 0.721. The van der Waals surface area contributed by atoms with Crippen LogP contribution in [0.3, 0.4) is 0 Å². The number of nitrogens with two attached hydrogens (primary N) is 1. The SMILES string of the molecule is CSc1ccc(C(N)c2cccc(Cl)c2)cc1. The van der Waals surface area contributed by atoms with Gasteiger partial charge in [-0.15, -0.1) is 11.8 Å². The van der Waals surface area contributed by atoms with Crippen molar-refractivity contribution in [3.63, 3.8) is 0 Å². The maximum absolute atomic E-state index is 6.21. The highest BCUT2D eigenvalue weighted by atomic mass is 35.5. The van der Waals surface area contributed by atoms with Crippen LogP contribution in [0.15, 0.2) is 53.4 Å². The summed E-state index contributed by atoms with van der Waals surface area (Å²) in [7, 11) is 0. The predicted octanol–water partition coefficient (Wildman–Crippen LogP) is 4.11. The average molecular weight is 264 g/mol. The summed E-state index contributed by atoms with van der Waals surface area (Å²) in [6.45, 7) is 0. The van der Waals surface area contributed by atoms with Crippen molar-refractivity contribution >= 4 is 23.4 Å². The molecule has 0 aromatic heterocycles.